The maximum Gasteiger partial charge on any atom is 0.349 e. The molecular formula is C29H19ClFNO4. The van der Waals surface area contributed by atoms with E-state index >= 15 is 0 Å². The largest absolute Gasteiger partial charge is 0.425 e. The van der Waals surface area contributed by atoms with E-state index < -0.39 is 17.7 Å². The first kappa shape index (κ1) is 23.3. The van der Waals surface area contributed by atoms with E-state index in [2.05, 4.69) is 6.58 Å². The SMILES string of the molecule is C=C1OC(=O)c2cc(N(Cc3ccc(-c4ccc(Cl)cc4)cc3)C(=O)c3cccc(F)c3)ccc2O1. The molecule has 4 aromatic carbocycles. The molecule has 0 atom stereocenters. The normalized spacial score (nSPS) is 12.4. The Morgan fingerprint density at radius 3 is 2.28 bits per heavy atom. The Balaban J connectivity index is 1.50. The predicted octanol–water partition coefficient (Wildman–Crippen LogP) is 7.01. The van der Waals surface area contributed by atoms with Gasteiger partial charge in [-0.2, -0.15) is 0 Å². The highest BCUT2D eigenvalue weighted by atomic mass is 35.5. The van der Waals surface area contributed by atoms with Crippen LogP contribution in [0.2, 0.25) is 5.02 Å². The molecule has 0 saturated heterocycles. The molecule has 4 aromatic rings. The monoisotopic (exact) mass is 499 g/mol. The summed E-state index contributed by atoms with van der Waals surface area (Å²) in [6.45, 7) is 3.69. The zero-order chi connectivity index (χ0) is 25.2. The van der Waals surface area contributed by atoms with Crippen molar-refractivity contribution in [3.63, 3.8) is 0 Å². The molecule has 0 unspecified atom stereocenters. The first-order valence-corrected chi connectivity index (χ1v) is 11.4. The fourth-order valence-electron chi connectivity index (χ4n) is 3.92. The highest BCUT2D eigenvalue weighted by Crippen LogP contribution is 2.32. The summed E-state index contributed by atoms with van der Waals surface area (Å²) in [5, 5.41) is 0.658. The third-order valence-corrected chi connectivity index (χ3v) is 5.97. The van der Waals surface area contributed by atoms with Crippen LogP contribution in [0, 0.1) is 5.82 Å². The molecule has 36 heavy (non-hydrogen) atoms. The van der Waals surface area contributed by atoms with Gasteiger partial charge in [0.05, 0.1) is 6.54 Å². The third-order valence-electron chi connectivity index (χ3n) is 5.71. The minimum absolute atomic E-state index is 0.117. The summed E-state index contributed by atoms with van der Waals surface area (Å²) < 4.78 is 24.3. The number of halogens is 2. The number of amides is 1. The second-order valence-corrected chi connectivity index (χ2v) is 8.59. The van der Waals surface area contributed by atoms with E-state index in [-0.39, 0.29) is 29.4 Å². The lowest BCUT2D eigenvalue weighted by molar-refractivity contribution is 0.0413. The standard InChI is InChI=1S/C29H19ClFNO4/c1-18-35-27-14-13-25(16-26(27)29(34)36-18)32(28(33)22-3-2-4-24(31)15-22)17-19-5-7-20(8-6-19)21-9-11-23(30)12-10-21/h2-16H,1,17H2. The van der Waals surface area contributed by atoms with Gasteiger partial charge in [-0.05, 0) is 71.8 Å². The van der Waals surface area contributed by atoms with E-state index in [1.807, 2.05) is 48.5 Å². The second-order valence-electron chi connectivity index (χ2n) is 8.15. The van der Waals surface area contributed by atoms with Crippen LogP contribution in [0.4, 0.5) is 10.1 Å². The summed E-state index contributed by atoms with van der Waals surface area (Å²) in [5.41, 5.74) is 3.61. The minimum atomic E-state index is -0.631. The molecule has 0 N–H and O–H groups in total. The molecule has 5 nitrogen and oxygen atoms in total. The van der Waals surface area contributed by atoms with Gasteiger partial charge in [-0.1, -0.05) is 54.1 Å². The molecule has 178 valence electrons. The minimum Gasteiger partial charge on any atom is -0.425 e. The van der Waals surface area contributed by atoms with Crippen LogP contribution in [0.1, 0.15) is 26.3 Å². The molecule has 7 heteroatoms. The molecular weight excluding hydrogens is 481 g/mol. The molecule has 0 bridgehead atoms. The van der Waals surface area contributed by atoms with E-state index in [0.717, 1.165) is 16.7 Å². The van der Waals surface area contributed by atoms with Crippen molar-refractivity contribution in [2.75, 3.05) is 4.90 Å². The molecule has 0 aliphatic carbocycles. The van der Waals surface area contributed by atoms with E-state index in [9.17, 15) is 14.0 Å². The van der Waals surface area contributed by atoms with Crippen molar-refractivity contribution < 1.29 is 23.5 Å². The van der Waals surface area contributed by atoms with Gasteiger partial charge in [-0.3, -0.25) is 4.79 Å². The van der Waals surface area contributed by atoms with Crippen molar-refractivity contribution in [2.45, 2.75) is 6.54 Å². The number of esters is 1. The molecule has 1 heterocycles. The quantitative estimate of drug-likeness (QED) is 0.277. The molecule has 0 radical (unpaired) electrons. The molecule has 0 aromatic heterocycles. The lowest BCUT2D eigenvalue weighted by Crippen LogP contribution is -2.31. The van der Waals surface area contributed by atoms with Gasteiger partial charge in [0, 0.05) is 16.3 Å². The van der Waals surface area contributed by atoms with E-state index in [0.29, 0.717) is 10.7 Å². The lowest BCUT2D eigenvalue weighted by Gasteiger charge is -2.25. The molecule has 0 fully saturated rings. The van der Waals surface area contributed by atoms with Crippen LogP contribution in [0.5, 0.6) is 5.75 Å². The zero-order valence-corrected chi connectivity index (χ0v) is 19.7. The van der Waals surface area contributed by atoms with Crippen molar-refractivity contribution >= 4 is 29.2 Å². The Hall–Kier alpha value is -4.42. The van der Waals surface area contributed by atoms with Gasteiger partial charge in [-0.15, -0.1) is 0 Å². The fourth-order valence-corrected chi connectivity index (χ4v) is 4.05. The van der Waals surface area contributed by atoms with Crippen molar-refractivity contribution in [3.8, 4) is 16.9 Å². The Kier molecular flexibility index (Phi) is 6.27. The second kappa shape index (κ2) is 9.68. The van der Waals surface area contributed by atoms with Gasteiger partial charge < -0.3 is 14.4 Å². The van der Waals surface area contributed by atoms with Crippen molar-refractivity contribution in [1.29, 1.82) is 0 Å². The highest BCUT2D eigenvalue weighted by molar-refractivity contribution is 6.30. The van der Waals surface area contributed by atoms with Crippen LogP contribution in [0.3, 0.4) is 0 Å². The number of hydrogen-bond donors (Lipinski definition) is 0. The van der Waals surface area contributed by atoms with Crippen LogP contribution < -0.4 is 9.64 Å². The number of rotatable bonds is 5. The molecule has 1 aliphatic heterocycles. The molecule has 0 saturated carbocycles. The number of hydrogen-bond acceptors (Lipinski definition) is 4. The number of benzene rings is 4. The van der Waals surface area contributed by atoms with E-state index in [4.69, 9.17) is 21.1 Å². The molecule has 0 spiro atoms. The number of fused-ring (bicyclic) bond motifs is 1. The number of carbonyl (C=O) groups excluding carboxylic acids is 2. The summed E-state index contributed by atoms with van der Waals surface area (Å²) in [6.07, 6.45) is 0. The summed E-state index contributed by atoms with van der Waals surface area (Å²) in [4.78, 5) is 27.4. The van der Waals surface area contributed by atoms with Crippen LogP contribution >= 0.6 is 11.6 Å². The Bertz CT molecular complexity index is 1480. The number of carbonyl (C=O) groups is 2. The average molecular weight is 500 g/mol. The van der Waals surface area contributed by atoms with Crippen molar-refractivity contribution in [3.05, 3.63) is 131 Å². The Morgan fingerprint density at radius 2 is 1.58 bits per heavy atom. The van der Waals surface area contributed by atoms with Crippen molar-refractivity contribution in [1.82, 2.24) is 0 Å². The fraction of sp³-hybridized carbons (Fsp3) is 0.0345. The summed E-state index contributed by atoms with van der Waals surface area (Å²) >= 11 is 5.99. The number of ether oxygens (including phenoxy) is 2. The maximum absolute atomic E-state index is 13.9. The summed E-state index contributed by atoms with van der Waals surface area (Å²) in [7, 11) is 0. The summed E-state index contributed by atoms with van der Waals surface area (Å²) in [5.74, 6) is -1.41. The Morgan fingerprint density at radius 1 is 0.889 bits per heavy atom. The first-order valence-electron chi connectivity index (χ1n) is 11.0. The van der Waals surface area contributed by atoms with Crippen LogP contribution in [0.15, 0.2) is 104 Å². The van der Waals surface area contributed by atoms with Gasteiger partial charge in [0.15, 0.2) is 0 Å². The van der Waals surface area contributed by atoms with Gasteiger partial charge in [0.2, 0.25) is 0 Å². The smallest absolute Gasteiger partial charge is 0.349 e. The van der Waals surface area contributed by atoms with Gasteiger partial charge in [0.1, 0.15) is 17.1 Å². The van der Waals surface area contributed by atoms with Gasteiger partial charge >= 0.3 is 5.97 Å². The first-order chi connectivity index (χ1) is 17.4. The number of anilines is 1. The Labute approximate surface area is 212 Å². The number of nitrogens with zero attached hydrogens (tertiary/aromatic N) is 1. The lowest BCUT2D eigenvalue weighted by atomic mass is 10.0. The predicted molar refractivity (Wildman–Crippen MR) is 135 cm³/mol. The zero-order valence-electron chi connectivity index (χ0n) is 18.9. The highest BCUT2D eigenvalue weighted by Gasteiger charge is 2.26. The topological polar surface area (TPSA) is 55.8 Å². The molecule has 1 amide bonds. The van der Waals surface area contributed by atoms with E-state index in [1.165, 1.54) is 29.2 Å². The van der Waals surface area contributed by atoms with Crippen LogP contribution in [-0.4, -0.2) is 11.9 Å². The molecule has 5 rings (SSSR count). The third kappa shape index (κ3) is 4.85. The van der Waals surface area contributed by atoms with Crippen molar-refractivity contribution in [2.24, 2.45) is 0 Å². The molecule has 1 aliphatic rings. The van der Waals surface area contributed by atoms with Crippen LogP contribution in [-0.2, 0) is 11.3 Å². The van der Waals surface area contributed by atoms with Crippen LogP contribution in [0.25, 0.3) is 11.1 Å². The average Bonchev–Trinajstić information content (AvgIpc) is 2.88. The van der Waals surface area contributed by atoms with E-state index in [1.54, 1.807) is 18.2 Å². The maximum atomic E-state index is 13.9. The van der Waals surface area contributed by atoms with Gasteiger partial charge in [0.25, 0.3) is 11.9 Å². The number of cyclic esters (lactones) is 1. The van der Waals surface area contributed by atoms with Gasteiger partial charge in [-0.25, -0.2) is 9.18 Å². The summed E-state index contributed by atoms with van der Waals surface area (Å²) in [6, 6.07) is 25.5.